The zero-order valence-corrected chi connectivity index (χ0v) is 12.1. The van der Waals surface area contributed by atoms with Gasteiger partial charge in [-0.2, -0.15) is 0 Å². The van der Waals surface area contributed by atoms with Crippen molar-refractivity contribution in [2.24, 2.45) is 0 Å². The summed E-state index contributed by atoms with van der Waals surface area (Å²) in [6.07, 6.45) is -5.00. The van der Waals surface area contributed by atoms with Crippen molar-refractivity contribution in [1.29, 1.82) is 0 Å². The standard InChI is InChI=1S/C14H16ClNO6/c15-6-1-2-7-8(3-6)16-4-9(7)21-14-13(20)12(19)11(18)10(5-17)22-14/h1-4,10-14,16-20H,5H2/t10-,11-,12+,13+,14?/m1/s1. The number of nitrogens with one attached hydrogen (secondary N) is 1. The summed E-state index contributed by atoms with van der Waals surface area (Å²) in [5.74, 6) is 0.399. The van der Waals surface area contributed by atoms with Gasteiger partial charge in [-0.15, -0.1) is 0 Å². The van der Waals surface area contributed by atoms with Gasteiger partial charge in [-0.05, 0) is 18.2 Å². The topological polar surface area (TPSA) is 115 Å². The van der Waals surface area contributed by atoms with E-state index in [1.807, 2.05) is 0 Å². The number of ether oxygens (including phenoxy) is 2. The van der Waals surface area contributed by atoms with Crippen molar-refractivity contribution < 1.29 is 29.9 Å². The molecule has 8 heteroatoms. The number of aromatic nitrogens is 1. The Hall–Kier alpha value is -1.35. The molecule has 1 unspecified atom stereocenters. The van der Waals surface area contributed by atoms with Crippen LogP contribution in [-0.4, -0.2) is 62.7 Å². The number of aliphatic hydroxyl groups excluding tert-OH is 4. The second-order valence-electron chi connectivity index (χ2n) is 5.16. The Labute approximate surface area is 130 Å². The summed E-state index contributed by atoms with van der Waals surface area (Å²) in [5.41, 5.74) is 0.743. The van der Waals surface area contributed by atoms with Gasteiger partial charge >= 0.3 is 0 Å². The third kappa shape index (κ3) is 2.67. The Morgan fingerprint density at radius 2 is 1.95 bits per heavy atom. The van der Waals surface area contributed by atoms with E-state index in [-0.39, 0.29) is 0 Å². The molecule has 1 aliphatic rings. The van der Waals surface area contributed by atoms with E-state index >= 15 is 0 Å². The highest BCUT2D eigenvalue weighted by molar-refractivity contribution is 6.31. The zero-order chi connectivity index (χ0) is 15.9. The molecule has 3 rings (SSSR count). The average molecular weight is 330 g/mol. The summed E-state index contributed by atoms with van der Waals surface area (Å²) in [4.78, 5) is 2.97. The van der Waals surface area contributed by atoms with Crippen LogP contribution in [-0.2, 0) is 4.74 Å². The molecular formula is C14H16ClNO6. The highest BCUT2D eigenvalue weighted by atomic mass is 35.5. The van der Waals surface area contributed by atoms with Crippen molar-refractivity contribution >= 4 is 22.5 Å². The van der Waals surface area contributed by atoms with Crippen molar-refractivity contribution in [3.8, 4) is 5.75 Å². The zero-order valence-electron chi connectivity index (χ0n) is 11.4. The molecule has 5 N–H and O–H groups in total. The van der Waals surface area contributed by atoms with E-state index in [0.717, 1.165) is 10.9 Å². The minimum atomic E-state index is -1.48. The number of H-pyrrole nitrogens is 1. The molecule has 0 radical (unpaired) electrons. The lowest BCUT2D eigenvalue weighted by Crippen LogP contribution is -2.60. The molecule has 0 spiro atoms. The van der Waals surface area contributed by atoms with Gasteiger partial charge in [-0.3, -0.25) is 0 Å². The van der Waals surface area contributed by atoms with Gasteiger partial charge in [0.1, 0.15) is 30.2 Å². The number of hydrogen-bond donors (Lipinski definition) is 5. The number of fused-ring (bicyclic) bond motifs is 1. The summed E-state index contributed by atoms with van der Waals surface area (Å²) in [6.45, 7) is -0.506. The van der Waals surface area contributed by atoms with Gasteiger partial charge in [0.15, 0.2) is 0 Å². The summed E-state index contributed by atoms with van der Waals surface area (Å²) in [6, 6.07) is 5.16. The van der Waals surface area contributed by atoms with Crippen molar-refractivity contribution in [2.45, 2.75) is 30.7 Å². The lowest BCUT2D eigenvalue weighted by atomic mass is 9.99. The smallest absolute Gasteiger partial charge is 0.229 e. The van der Waals surface area contributed by atoms with Gasteiger partial charge in [0.25, 0.3) is 0 Å². The Kier molecular flexibility index (Phi) is 4.26. The molecular weight excluding hydrogens is 314 g/mol. The highest BCUT2D eigenvalue weighted by Crippen LogP contribution is 2.31. The van der Waals surface area contributed by atoms with Crippen LogP contribution in [0.25, 0.3) is 10.9 Å². The second kappa shape index (κ2) is 6.04. The number of rotatable bonds is 3. The molecule has 2 heterocycles. The number of hydrogen-bond acceptors (Lipinski definition) is 6. The number of benzene rings is 1. The van der Waals surface area contributed by atoms with E-state index in [4.69, 9.17) is 26.2 Å². The largest absolute Gasteiger partial charge is 0.460 e. The molecule has 0 bridgehead atoms. The predicted octanol–water partition coefficient (Wildman–Crippen LogP) is -0.000000000000000278. The maximum absolute atomic E-state index is 9.96. The van der Waals surface area contributed by atoms with Gasteiger partial charge in [0, 0.05) is 16.6 Å². The molecule has 1 saturated heterocycles. The van der Waals surface area contributed by atoms with Crippen molar-refractivity contribution in [3.63, 3.8) is 0 Å². The van der Waals surface area contributed by atoms with E-state index in [1.165, 1.54) is 0 Å². The van der Waals surface area contributed by atoms with Crippen LogP contribution in [0.2, 0.25) is 5.02 Å². The van der Waals surface area contributed by atoms with Crippen molar-refractivity contribution in [3.05, 3.63) is 29.4 Å². The molecule has 5 atom stereocenters. The quantitative estimate of drug-likeness (QED) is 0.541. The van der Waals surface area contributed by atoms with Crippen molar-refractivity contribution in [2.75, 3.05) is 6.61 Å². The molecule has 1 aromatic carbocycles. The minimum absolute atomic E-state index is 0.399. The van der Waals surface area contributed by atoms with Crippen LogP contribution >= 0.6 is 11.6 Å². The first-order valence-electron chi connectivity index (χ1n) is 6.75. The summed E-state index contributed by atoms with van der Waals surface area (Å²) in [5, 5.41) is 39.9. The van der Waals surface area contributed by atoms with E-state index in [0.29, 0.717) is 10.8 Å². The number of aliphatic hydroxyl groups is 4. The molecule has 120 valence electrons. The Balaban J connectivity index is 1.84. The summed E-state index contributed by atoms with van der Waals surface area (Å²) < 4.78 is 10.9. The van der Waals surface area contributed by atoms with E-state index in [9.17, 15) is 15.3 Å². The third-order valence-electron chi connectivity index (χ3n) is 3.70. The Bertz CT molecular complexity index is 660. The number of aromatic amines is 1. The fraction of sp³-hybridized carbons (Fsp3) is 0.429. The molecule has 0 amide bonds. The summed E-state index contributed by atoms with van der Waals surface area (Å²) in [7, 11) is 0. The van der Waals surface area contributed by atoms with E-state index in [2.05, 4.69) is 4.98 Å². The van der Waals surface area contributed by atoms with Gasteiger partial charge in [0.05, 0.1) is 12.1 Å². The molecule has 1 aromatic heterocycles. The van der Waals surface area contributed by atoms with E-state index < -0.39 is 37.3 Å². The molecule has 1 fully saturated rings. The molecule has 7 nitrogen and oxygen atoms in total. The second-order valence-corrected chi connectivity index (χ2v) is 5.59. The average Bonchev–Trinajstić information content (AvgIpc) is 2.90. The summed E-state index contributed by atoms with van der Waals surface area (Å²) >= 11 is 5.90. The normalized spacial score (nSPS) is 32.3. The fourth-order valence-electron chi connectivity index (χ4n) is 2.46. The highest BCUT2D eigenvalue weighted by Gasteiger charge is 2.44. The van der Waals surface area contributed by atoms with Crippen LogP contribution in [0.5, 0.6) is 5.75 Å². The van der Waals surface area contributed by atoms with Crippen LogP contribution in [0.15, 0.2) is 24.4 Å². The fourth-order valence-corrected chi connectivity index (χ4v) is 2.63. The van der Waals surface area contributed by atoms with Crippen LogP contribution in [0.1, 0.15) is 0 Å². The lowest BCUT2D eigenvalue weighted by Gasteiger charge is -2.39. The van der Waals surface area contributed by atoms with Crippen molar-refractivity contribution in [1.82, 2.24) is 4.98 Å². The van der Waals surface area contributed by atoms with Gasteiger partial charge in [-0.1, -0.05) is 11.6 Å². The number of halogens is 1. The van der Waals surface area contributed by atoms with Crippen LogP contribution in [0.4, 0.5) is 0 Å². The maximum atomic E-state index is 9.96. The monoisotopic (exact) mass is 329 g/mol. The molecule has 0 saturated carbocycles. The first-order valence-corrected chi connectivity index (χ1v) is 7.13. The molecule has 0 aliphatic carbocycles. The first kappa shape index (κ1) is 15.5. The molecule has 1 aliphatic heterocycles. The van der Waals surface area contributed by atoms with Crippen LogP contribution < -0.4 is 4.74 Å². The third-order valence-corrected chi connectivity index (χ3v) is 3.93. The lowest BCUT2D eigenvalue weighted by molar-refractivity contribution is -0.277. The Morgan fingerprint density at radius 1 is 1.18 bits per heavy atom. The SMILES string of the molecule is OC[C@H]1OC(Oc2c[nH]c3cc(Cl)ccc23)[C@@H](O)[C@@H](O)[C@@H]1O. The van der Waals surface area contributed by atoms with E-state index in [1.54, 1.807) is 24.4 Å². The first-order chi connectivity index (χ1) is 10.5. The maximum Gasteiger partial charge on any atom is 0.229 e. The molecule has 2 aromatic rings. The Morgan fingerprint density at radius 3 is 2.68 bits per heavy atom. The minimum Gasteiger partial charge on any atom is -0.460 e. The van der Waals surface area contributed by atoms with Crippen LogP contribution in [0.3, 0.4) is 0 Å². The van der Waals surface area contributed by atoms with Gasteiger partial charge in [-0.25, -0.2) is 0 Å². The van der Waals surface area contributed by atoms with Gasteiger partial charge in [0.2, 0.25) is 6.29 Å². The van der Waals surface area contributed by atoms with Crippen LogP contribution in [0, 0.1) is 0 Å². The van der Waals surface area contributed by atoms with Gasteiger partial charge < -0.3 is 34.9 Å². The molecule has 22 heavy (non-hydrogen) atoms. The predicted molar refractivity (Wildman–Crippen MR) is 77.7 cm³/mol.